The Morgan fingerprint density at radius 2 is 1.94 bits per heavy atom. The molecule has 0 saturated heterocycles. The topological polar surface area (TPSA) is 122 Å². The molecular weight excluding hydrogens is 406 g/mol. The molecule has 0 amide bonds. The molecule has 1 unspecified atom stereocenters. The minimum Gasteiger partial charge on any atom is -0.481 e. The second-order valence-corrected chi connectivity index (χ2v) is 7.40. The number of nitrogens with zero attached hydrogens (tertiary/aromatic N) is 6. The average Bonchev–Trinajstić information content (AvgIpc) is 3.48. The van der Waals surface area contributed by atoms with Crippen LogP contribution in [-0.2, 0) is 17.6 Å². The van der Waals surface area contributed by atoms with E-state index < -0.39 is 11.9 Å². The first kappa shape index (κ1) is 19.6. The van der Waals surface area contributed by atoms with Crippen molar-refractivity contribution in [1.82, 2.24) is 34.5 Å². The van der Waals surface area contributed by atoms with Crippen molar-refractivity contribution in [2.45, 2.75) is 18.8 Å². The lowest BCUT2D eigenvalue weighted by molar-refractivity contribution is -0.139. The first-order chi connectivity index (χ1) is 15.7. The van der Waals surface area contributed by atoms with Crippen LogP contribution in [0.3, 0.4) is 0 Å². The van der Waals surface area contributed by atoms with Gasteiger partial charge in [-0.25, -0.2) is 9.97 Å². The Kier molecular flexibility index (Phi) is 5.12. The number of H-pyrrole nitrogens is 1. The van der Waals surface area contributed by atoms with Crippen molar-refractivity contribution in [3.05, 3.63) is 96.4 Å². The summed E-state index contributed by atoms with van der Waals surface area (Å²) in [6.45, 7) is 0. The minimum absolute atomic E-state index is 0.217. The van der Waals surface area contributed by atoms with Gasteiger partial charge in [-0.05, 0) is 17.7 Å². The van der Waals surface area contributed by atoms with Crippen LogP contribution < -0.4 is 0 Å². The highest BCUT2D eigenvalue weighted by Gasteiger charge is 2.28. The number of imidazole rings is 1. The molecule has 4 aromatic heterocycles. The Balaban J connectivity index is 1.66. The van der Waals surface area contributed by atoms with Crippen molar-refractivity contribution < 1.29 is 9.90 Å². The van der Waals surface area contributed by atoms with E-state index in [9.17, 15) is 9.90 Å². The molecule has 5 rings (SSSR count). The molecule has 1 atom stereocenters. The van der Waals surface area contributed by atoms with Crippen LogP contribution in [0.1, 0.15) is 28.7 Å². The van der Waals surface area contributed by atoms with Gasteiger partial charge in [-0.15, -0.1) is 10.2 Å². The molecule has 0 saturated carbocycles. The van der Waals surface area contributed by atoms with E-state index in [1.807, 2.05) is 42.5 Å². The van der Waals surface area contributed by atoms with Gasteiger partial charge in [0.15, 0.2) is 11.5 Å². The lowest BCUT2D eigenvalue weighted by atomic mass is 10.0. The number of carboxylic acid groups (broad SMARTS) is 1. The van der Waals surface area contributed by atoms with Crippen molar-refractivity contribution in [3.8, 4) is 11.3 Å². The molecule has 0 bridgehead atoms. The summed E-state index contributed by atoms with van der Waals surface area (Å²) >= 11 is 0. The monoisotopic (exact) mass is 425 g/mol. The lowest BCUT2D eigenvalue weighted by Crippen LogP contribution is -2.18. The zero-order valence-corrected chi connectivity index (χ0v) is 17.0. The standard InChI is InChI=1S/C23H19N7O2/c31-23(32)18(10-17-12-25-14-26-17)21-28-29-22-19(9-15-5-2-1-3-6-15)27-20(13-30(21)22)16-7-4-8-24-11-16/h1-8,11-14,18H,9-10H2,(H,25,26)(H,31,32). The third-order valence-electron chi connectivity index (χ3n) is 5.25. The highest BCUT2D eigenvalue weighted by Crippen LogP contribution is 2.25. The van der Waals surface area contributed by atoms with Crippen LogP contribution in [0.2, 0.25) is 0 Å². The zero-order chi connectivity index (χ0) is 21.9. The molecule has 0 aliphatic heterocycles. The zero-order valence-electron chi connectivity index (χ0n) is 17.0. The van der Waals surface area contributed by atoms with Crippen LogP contribution in [-0.4, -0.2) is 45.6 Å². The molecule has 0 aliphatic rings. The van der Waals surface area contributed by atoms with Gasteiger partial charge in [-0.1, -0.05) is 30.3 Å². The molecule has 9 nitrogen and oxygen atoms in total. The van der Waals surface area contributed by atoms with Gasteiger partial charge in [-0.2, -0.15) is 0 Å². The molecule has 4 heterocycles. The van der Waals surface area contributed by atoms with E-state index in [4.69, 9.17) is 4.98 Å². The van der Waals surface area contributed by atoms with E-state index >= 15 is 0 Å². The van der Waals surface area contributed by atoms with E-state index in [1.54, 1.807) is 29.2 Å². The maximum atomic E-state index is 12.2. The van der Waals surface area contributed by atoms with Crippen molar-refractivity contribution in [2.75, 3.05) is 0 Å². The number of pyridine rings is 1. The third kappa shape index (κ3) is 3.83. The molecular formula is C23H19N7O2. The SMILES string of the molecule is O=C(O)C(Cc1cnc[nH]1)c1nnc2c(Cc3ccccc3)nc(-c3cccnc3)cn12. The molecule has 5 aromatic rings. The average molecular weight is 425 g/mol. The van der Waals surface area contributed by atoms with Crippen LogP contribution in [0.4, 0.5) is 0 Å². The van der Waals surface area contributed by atoms with Crippen LogP contribution in [0.15, 0.2) is 73.6 Å². The van der Waals surface area contributed by atoms with Gasteiger partial charge in [0, 0.05) is 48.9 Å². The van der Waals surface area contributed by atoms with E-state index in [2.05, 4.69) is 25.1 Å². The van der Waals surface area contributed by atoms with Crippen LogP contribution >= 0.6 is 0 Å². The van der Waals surface area contributed by atoms with E-state index in [0.29, 0.717) is 35.0 Å². The first-order valence-electron chi connectivity index (χ1n) is 10.1. The smallest absolute Gasteiger partial charge is 0.314 e. The number of hydrogen-bond acceptors (Lipinski definition) is 6. The number of fused-ring (bicyclic) bond motifs is 1. The molecule has 2 N–H and O–H groups in total. The molecule has 158 valence electrons. The van der Waals surface area contributed by atoms with Gasteiger partial charge in [0.05, 0.1) is 17.7 Å². The number of aliphatic carboxylic acids is 1. The number of aromatic nitrogens is 7. The number of carboxylic acids is 1. The predicted octanol–water partition coefficient (Wildman–Crippen LogP) is 2.91. The molecule has 32 heavy (non-hydrogen) atoms. The highest BCUT2D eigenvalue weighted by atomic mass is 16.4. The second-order valence-electron chi connectivity index (χ2n) is 7.40. The molecule has 0 aliphatic carbocycles. The van der Waals surface area contributed by atoms with Crippen molar-refractivity contribution >= 4 is 11.6 Å². The van der Waals surface area contributed by atoms with Gasteiger partial charge < -0.3 is 10.1 Å². The summed E-state index contributed by atoms with van der Waals surface area (Å²) in [6, 6.07) is 13.7. The van der Waals surface area contributed by atoms with E-state index in [0.717, 1.165) is 11.1 Å². The Bertz CT molecular complexity index is 1350. The Hall–Kier alpha value is -4.40. The number of benzene rings is 1. The quantitative estimate of drug-likeness (QED) is 0.411. The summed E-state index contributed by atoms with van der Waals surface area (Å²) in [7, 11) is 0. The summed E-state index contributed by atoms with van der Waals surface area (Å²) in [5, 5.41) is 18.6. The van der Waals surface area contributed by atoms with E-state index in [-0.39, 0.29) is 6.42 Å². The number of rotatable bonds is 7. The number of hydrogen-bond donors (Lipinski definition) is 2. The highest BCUT2D eigenvalue weighted by molar-refractivity contribution is 5.76. The summed E-state index contributed by atoms with van der Waals surface area (Å²) in [6.07, 6.45) is 9.09. The van der Waals surface area contributed by atoms with Crippen LogP contribution in [0, 0.1) is 0 Å². The largest absolute Gasteiger partial charge is 0.481 e. The molecule has 0 spiro atoms. The lowest BCUT2D eigenvalue weighted by Gasteiger charge is -2.12. The summed E-state index contributed by atoms with van der Waals surface area (Å²) in [5.41, 5.74) is 4.52. The van der Waals surface area contributed by atoms with Gasteiger partial charge in [0.25, 0.3) is 0 Å². The second kappa shape index (κ2) is 8.38. The molecule has 1 aromatic carbocycles. The minimum atomic E-state index is -0.988. The van der Waals surface area contributed by atoms with Gasteiger partial charge >= 0.3 is 5.97 Å². The summed E-state index contributed by atoms with van der Waals surface area (Å²) in [5.74, 6) is -1.55. The van der Waals surface area contributed by atoms with Crippen molar-refractivity contribution in [1.29, 1.82) is 0 Å². The van der Waals surface area contributed by atoms with Crippen molar-refractivity contribution in [2.24, 2.45) is 0 Å². The normalized spacial score (nSPS) is 12.1. The summed E-state index contributed by atoms with van der Waals surface area (Å²) < 4.78 is 1.74. The van der Waals surface area contributed by atoms with Gasteiger partial charge in [0.2, 0.25) is 0 Å². The maximum absolute atomic E-state index is 12.2. The third-order valence-corrected chi connectivity index (χ3v) is 5.25. The number of nitrogens with one attached hydrogen (secondary N) is 1. The molecule has 9 heteroatoms. The first-order valence-corrected chi connectivity index (χ1v) is 10.1. The predicted molar refractivity (Wildman–Crippen MR) is 116 cm³/mol. The molecule has 0 fully saturated rings. The number of carbonyl (C=O) groups is 1. The van der Waals surface area contributed by atoms with Crippen LogP contribution in [0.25, 0.3) is 16.9 Å². The fourth-order valence-electron chi connectivity index (χ4n) is 3.68. The van der Waals surface area contributed by atoms with Gasteiger partial charge in [0.1, 0.15) is 5.92 Å². The molecule has 0 radical (unpaired) electrons. The Morgan fingerprint density at radius 3 is 2.66 bits per heavy atom. The Morgan fingerprint density at radius 1 is 1.06 bits per heavy atom. The maximum Gasteiger partial charge on any atom is 0.314 e. The number of aromatic amines is 1. The fraction of sp³-hybridized carbons (Fsp3) is 0.130. The van der Waals surface area contributed by atoms with Gasteiger partial charge in [-0.3, -0.25) is 14.2 Å². The summed E-state index contributed by atoms with van der Waals surface area (Å²) in [4.78, 5) is 28.1. The van der Waals surface area contributed by atoms with E-state index in [1.165, 1.54) is 6.33 Å². The van der Waals surface area contributed by atoms with Crippen LogP contribution in [0.5, 0.6) is 0 Å². The Labute approximate surface area is 182 Å². The fourth-order valence-corrected chi connectivity index (χ4v) is 3.68. The van der Waals surface area contributed by atoms with Crippen molar-refractivity contribution in [3.63, 3.8) is 0 Å².